The lowest BCUT2D eigenvalue weighted by molar-refractivity contribution is -0.141. The molecule has 1 unspecified atom stereocenters. The summed E-state index contributed by atoms with van der Waals surface area (Å²) < 4.78 is 16.4. The van der Waals surface area contributed by atoms with E-state index in [2.05, 4.69) is 0 Å². The molecular formula is C19H23NO4. The van der Waals surface area contributed by atoms with Crippen LogP contribution < -0.4 is 4.74 Å². The van der Waals surface area contributed by atoms with Gasteiger partial charge in [-0.25, -0.2) is 0 Å². The van der Waals surface area contributed by atoms with Crippen LogP contribution in [0.3, 0.4) is 0 Å². The zero-order valence-electron chi connectivity index (χ0n) is 14.2. The summed E-state index contributed by atoms with van der Waals surface area (Å²) in [6.45, 7) is 3.57. The topological polar surface area (TPSA) is 51.9 Å². The van der Waals surface area contributed by atoms with Crippen LogP contribution in [0.1, 0.15) is 29.5 Å². The van der Waals surface area contributed by atoms with Crippen LogP contribution in [0.25, 0.3) is 0 Å². The molecule has 1 aliphatic heterocycles. The van der Waals surface area contributed by atoms with Crippen LogP contribution in [0.4, 0.5) is 0 Å². The van der Waals surface area contributed by atoms with Crippen molar-refractivity contribution in [3.63, 3.8) is 0 Å². The van der Waals surface area contributed by atoms with Crippen molar-refractivity contribution in [1.29, 1.82) is 0 Å². The maximum Gasteiger partial charge on any atom is 0.223 e. The molecule has 0 saturated carbocycles. The van der Waals surface area contributed by atoms with Crippen LogP contribution in [-0.4, -0.2) is 37.7 Å². The highest BCUT2D eigenvalue weighted by Crippen LogP contribution is 2.26. The van der Waals surface area contributed by atoms with Crippen LogP contribution >= 0.6 is 0 Å². The van der Waals surface area contributed by atoms with Gasteiger partial charge in [0.15, 0.2) is 0 Å². The van der Waals surface area contributed by atoms with E-state index in [0.29, 0.717) is 32.6 Å². The van der Waals surface area contributed by atoms with E-state index in [1.165, 1.54) is 0 Å². The Morgan fingerprint density at radius 1 is 1.25 bits per heavy atom. The third kappa shape index (κ3) is 3.79. The number of amides is 1. The minimum Gasteiger partial charge on any atom is -0.497 e. The maximum absolute atomic E-state index is 12.7. The fourth-order valence-corrected chi connectivity index (χ4v) is 2.96. The van der Waals surface area contributed by atoms with E-state index in [0.717, 1.165) is 22.8 Å². The van der Waals surface area contributed by atoms with Gasteiger partial charge in [0.25, 0.3) is 0 Å². The molecule has 3 rings (SSSR count). The average molecular weight is 329 g/mol. The number of carbonyl (C=O) groups excluding carboxylic acids is 1. The predicted molar refractivity (Wildman–Crippen MR) is 90.0 cm³/mol. The van der Waals surface area contributed by atoms with Gasteiger partial charge in [0.05, 0.1) is 20.3 Å². The Bertz CT molecular complexity index is 677. The number of ether oxygens (including phenoxy) is 2. The lowest BCUT2D eigenvalue weighted by Crippen LogP contribution is -2.43. The van der Waals surface area contributed by atoms with Gasteiger partial charge in [-0.15, -0.1) is 0 Å². The highest BCUT2D eigenvalue weighted by atomic mass is 16.5. The summed E-state index contributed by atoms with van der Waals surface area (Å²) in [4.78, 5) is 14.6. The molecule has 0 spiro atoms. The second kappa shape index (κ2) is 7.53. The first-order valence-electron chi connectivity index (χ1n) is 8.24. The minimum absolute atomic E-state index is 0.129. The number of morpholine rings is 1. The summed E-state index contributed by atoms with van der Waals surface area (Å²) >= 11 is 0. The Hall–Kier alpha value is -2.27. The molecule has 0 radical (unpaired) electrons. The Labute approximate surface area is 142 Å². The van der Waals surface area contributed by atoms with Crippen LogP contribution in [-0.2, 0) is 16.0 Å². The summed E-state index contributed by atoms with van der Waals surface area (Å²) in [6.07, 6.45) is 1.19. The summed E-state index contributed by atoms with van der Waals surface area (Å²) in [5.41, 5.74) is 1.13. The zero-order chi connectivity index (χ0) is 16.9. The molecule has 1 saturated heterocycles. The first kappa shape index (κ1) is 16.6. The van der Waals surface area contributed by atoms with Crippen molar-refractivity contribution < 1.29 is 18.7 Å². The zero-order valence-corrected chi connectivity index (χ0v) is 14.2. The SMILES string of the molecule is COc1ccc(CCC(=O)N2CCOCC2c2ccc(C)o2)cc1. The molecule has 1 fully saturated rings. The van der Waals surface area contributed by atoms with Gasteiger partial charge in [-0.1, -0.05) is 12.1 Å². The van der Waals surface area contributed by atoms with Crippen LogP contribution in [0.5, 0.6) is 5.75 Å². The number of hydrogen-bond donors (Lipinski definition) is 0. The molecule has 1 amide bonds. The van der Waals surface area contributed by atoms with Crippen molar-refractivity contribution >= 4 is 5.91 Å². The standard InChI is InChI=1S/C19H23NO4/c1-14-3-9-18(24-14)17-13-23-12-11-20(17)19(21)10-6-15-4-7-16(22-2)8-5-15/h3-5,7-9,17H,6,10-13H2,1-2H3. The monoisotopic (exact) mass is 329 g/mol. The van der Waals surface area contributed by atoms with E-state index in [1.807, 2.05) is 48.2 Å². The van der Waals surface area contributed by atoms with E-state index < -0.39 is 0 Å². The van der Waals surface area contributed by atoms with Crippen LogP contribution in [0, 0.1) is 6.92 Å². The van der Waals surface area contributed by atoms with E-state index in [-0.39, 0.29) is 11.9 Å². The van der Waals surface area contributed by atoms with Crippen molar-refractivity contribution in [3.05, 3.63) is 53.5 Å². The molecule has 24 heavy (non-hydrogen) atoms. The van der Waals surface area contributed by atoms with Gasteiger partial charge in [-0.05, 0) is 43.2 Å². The molecule has 5 heteroatoms. The molecule has 128 valence electrons. The third-order valence-electron chi connectivity index (χ3n) is 4.32. The second-order valence-electron chi connectivity index (χ2n) is 5.97. The molecule has 0 aliphatic carbocycles. The molecule has 1 aliphatic rings. The largest absolute Gasteiger partial charge is 0.497 e. The van der Waals surface area contributed by atoms with Gasteiger partial charge in [-0.2, -0.15) is 0 Å². The first-order chi connectivity index (χ1) is 11.7. The summed E-state index contributed by atoms with van der Waals surface area (Å²) in [7, 11) is 1.65. The molecule has 2 heterocycles. The second-order valence-corrected chi connectivity index (χ2v) is 5.97. The Morgan fingerprint density at radius 2 is 2.04 bits per heavy atom. The molecule has 1 aromatic carbocycles. The molecule has 1 atom stereocenters. The van der Waals surface area contributed by atoms with Crippen molar-refractivity contribution in [3.8, 4) is 5.75 Å². The summed E-state index contributed by atoms with van der Waals surface area (Å²) in [6, 6.07) is 11.6. The van der Waals surface area contributed by atoms with Crippen molar-refractivity contribution in [2.24, 2.45) is 0 Å². The summed E-state index contributed by atoms with van der Waals surface area (Å²) in [5, 5.41) is 0. The van der Waals surface area contributed by atoms with Crippen LogP contribution in [0.15, 0.2) is 40.8 Å². The number of aryl methyl sites for hydroxylation is 2. The Morgan fingerprint density at radius 3 is 2.71 bits per heavy atom. The lowest BCUT2D eigenvalue weighted by Gasteiger charge is -2.34. The molecule has 0 bridgehead atoms. The van der Waals surface area contributed by atoms with Gasteiger partial charge < -0.3 is 18.8 Å². The smallest absolute Gasteiger partial charge is 0.223 e. The first-order valence-corrected chi connectivity index (χ1v) is 8.24. The maximum atomic E-state index is 12.7. The van der Waals surface area contributed by atoms with E-state index in [9.17, 15) is 4.79 Å². The number of rotatable bonds is 5. The minimum atomic E-state index is -0.129. The van der Waals surface area contributed by atoms with Gasteiger partial charge in [0.2, 0.25) is 5.91 Å². The number of carbonyl (C=O) groups is 1. The fourth-order valence-electron chi connectivity index (χ4n) is 2.96. The normalized spacial score (nSPS) is 17.8. The number of hydrogen-bond acceptors (Lipinski definition) is 4. The molecule has 5 nitrogen and oxygen atoms in total. The molecule has 2 aromatic rings. The van der Waals surface area contributed by atoms with E-state index in [4.69, 9.17) is 13.9 Å². The summed E-state index contributed by atoms with van der Waals surface area (Å²) in [5.74, 6) is 2.60. The molecule has 1 aromatic heterocycles. The third-order valence-corrected chi connectivity index (χ3v) is 4.32. The van der Waals surface area contributed by atoms with Crippen molar-refractivity contribution in [2.75, 3.05) is 26.9 Å². The van der Waals surface area contributed by atoms with Gasteiger partial charge >= 0.3 is 0 Å². The number of benzene rings is 1. The van der Waals surface area contributed by atoms with Crippen molar-refractivity contribution in [2.45, 2.75) is 25.8 Å². The number of nitrogens with zero attached hydrogens (tertiary/aromatic N) is 1. The number of methoxy groups -OCH3 is 1. The fraction of sp³-hybridized carbons (Fsp3) is 0.421. The van der Waals surface area contributed by atoms with Gasteiger partial charge in [-0.3, -0.25) is 4.79 Å². The average Bonchev–Trinajstić information content (AvgIpc) is 3.06. The lowest BCUT2D eigenvalue weighted by atomic mass is 10.1. The predicted octanol–water partition coefficient (Wildman–Crippen LogP) is 3.13. The van der Waals surface area contributed by atoms with Crippen LogP contribution in [0.2, 0.25) is 0 Å². The van der Waals surface area contributed by atoms with E-state index in [1.54, 1.807) is 7.11 Å². The van der Waals surface area contributed by atoms with Gasteiger partial charge in [0.1, 0.15) is 23.3 Å². The van der Waals surface area contributed by atoms with E-state index >= 15 is 0 Å². The molecule has 0 N–H and O–H groups in total. The quantitative estimate of drug-likeness (QED) is 0.846. The molecular weight excluding hydrogens is 306 g/mol. The van der Waals surface area contributed by atoms with Crippen molar-refractivity contribution in [1.82, 2.24) is 4.90 Å². The Kier molecular flexibility index (Phi) is 5.20. The van der Waals surface area contributed by atoms with Gasteiger partial charge in [0, 0.05) is 13.0 Å². The highest BCUT2D eigenvalue weighted by Gasteiger charge is 2.30. The Balaban J connectivity index is 1.63. The number of furan rings is 1. The highest BCUT2D eigenvalue weighted by molar-refractivity contribution is 5.77.